The summed E-state index contributed by atoms with van der Waals surface area (Å²) in [5.41, 5.74) is 5.77. The molecule has 3 N–H and O–H groups in total. The summed E-state index contributed by atoms with van der Waals surface area (Å²) in [6, 6.07) is 0.175. The van der Waals surface area contributed by atoms with E-state index in [1.165, 1.54) is 0 Å². The highest BCUT2D eigenvalue weighted by molar-refractivity contribution is 7.86. The number of hydrogen-bond acceptors (Lipinski definition) is 3. The minimum atomic E-state index is -0.902. The molecular formula is C12H24N2O2S. The Bertz CT molecular complexity index is 299. The molecule has 1 aliphatic rings. The summed E-state index contributed by atoms with van der Waals surface area (Å²) >= 11 is 0. The van der Waals surface area contributed by atoms with Crippen LogP contribution < -0.4 is 11.1 Å². The summed E-state index contributed by atoms with van der Waals surface area (Å²) in [6.07, 6.45) is 2.61. The number of hydrogen-bond donors (Lipinski definition) is 2. The second-order valence-corrected chi connectivity index (χ2v) is 8.05. The molecule has 1 fully saturated rings. The van der Waals surface area contributed by atoms with Gasteiger partial charge in [-0.25, -0.2) is 0 Å². The fourth-order valence-corrected chi connectivity index (χ4v) is 2.87. The lowest BCUT2D eigenvalue weighted by Crippen LogP contribution is -2.35. The standard InChI is InChI=1S/C12H24N2O2S/c1-12(2,3)17(16)7-6-14-11(15)9-4-5-10(13)8-9/h9-10H,4-8,13H2,1-3H3,(H,14,15). The van der Waals surface area contributed by atoms with Gasteiger partial charge < -0.3 is 11.1 Å². The number of amides is 1. The maximum atomic E-state index is 11.8. The molecule has 0 heterocycles. The molecule has 0 aromatic heterocycles. The number of carbonyl (C=O) groups excluding carboxylic acids is 1. The van der Waals surface area contributed by atoms with Crippen molar-refractivity contribution in [1.82, 2.24) is 5.32 Å². The first-order valence-corrected chi connectivity index (χ1v) is 7.54. The third-order valence-corrected chi connectivity index (χ3v) is 5.05. The van der Waals surface area contributed by atoms with E-state index in [1.54, 1.807) is 0 Å². The number of nitrogens with one attached hydrogen (secondary N) is 1. The SMILES string of the molecule is CC(C)(C)S(=O)CCNC(=O)C1CCC(N)C1. The molecule has 1 aliphatic carbocycles. The van der Waals surface area contributed by atoms with Crippen LogP contribution in [-0.2, 0) is 15.6 Å². The van der Waals surface area contributed by atoms with E-state index in [-0.39, 0.29) is 22.6 Å². The molecule has 5 heteroatoms. The fourth-order valence-electron chi connectivity index (χ4n) is 1.97. The summed E-state index contributed by atoms with van der Waals surface area (Å²) in [5.74, 6) is 0.658. The molecule has 3 atom stereocenters. The van der Waals surface area contributed by atoms with E-state index in [1.807, 2.05) is 20.8 Å². The van der Waals surface area contributed by atoms with Gasteiger partial charge >= 0.3 is 0 Å². The molecule has 17 heavy (non-hydrogen) atoms. The monoisotopic (exact) mass is 260 g/mol. The van der Waals surface area contributed by atoms with Crippen LogP contribution in [0.1, 0.15) is 40.0 Å². The third kappa shape index (κ3) is 4.76. The van der Waals surface area contributed by atoms with E-state index in [2.05, 4.69) is 5.32 Å². The Morgan fingerprint density at radius 3 is 2.53 bits per heavy atom. The first kappa shape index (κ1) is 14.6. The van der Waals surface area contributed by atoms with Crippen molar-refractivity contribution in [2.24, 2.45) is 11.7 Å². The number of rotatable bonds is 4. The Morgan fingerprint density at radius 2 is 2.06 bits per heavy atom. The summed E-state index contributed by atoms with van der Waals surface area (Å²) in [7, 11) is -0.902. The Hall–Kier alpha value is -0.420. The van der Waals surface area contributed by atoms with Crippen molar-refractivity contribution in [3.05, 3.63) is 0 Å². The molecule has 0 bridgehead atoms. The quantitative estimate of drug-likeness (QED) is 0.784. The van der Waals surface area contributed by atoms with Crippen LogP contribution in [0.15, 0.2) is 0 Å². The highest BCUT2D eigenvalue weighted by atomic mass is 32.2. The minimum absolute atomic E-state index is 0.0630. The lowest BCUT2D eigenvalue weighted by Gasteiger charge is -2.18. The molecular weight excluding hydrogens is 236 g/mol. The van der Waals surface area contributed by atoms with Crippen LogP contribution in [0.2, 0.25) is 0 Å². The predicted octanol–water partition coefficient (Wildman–Crippen LogP) is 0.777. The minimum Gasteiger partial charge on any atom is -0.355 e. The van der Waals surface area contributed by atoms with E-state index in [0.717, 1.165) is 19.3 Å². The summed E-state index contributed by atoms with van der Waals surface area (Å²) in [4.78, 5) is 11.8. The zero-order chi connectivity index (χ0) is 13.1. The lowest BCUT2D eigenvalue weighted by atomic mass is 10.1. The van der Waals surface area contributed by atoms with Crippen LogP contribution in [0.5, 0.6) is 0 Å². The zero-order valence-corrected chi connectivity index (χ0v) is 11.8. The first-order chi connectivity index (χ1) is 7.80. The number of nitrogens with two attached hydrogens (primary N) is 1. The molecule has 0 aromatic carbocycles. The number of carbonyl (C=O) groups is 1. The maximum Gasteiger partial charge on any atom is 0.223 e. The van der Waals surface area contributed by atoms with Gasteiger partial charge in [-0.3, -0.25) is 9.00 Å². The van der Waals surface area contributed by atoms with Gasteiger partial charge in [0.05, 0.1) is 0 Å². The van der Waals surface area contributed by atoms with E-state index in [0.29, 0.717) is 12.3 Å². The summed E-state index contributed by atoms with van der Waals surface area (Å²) in [6.45, 7) is 6.33. The van der Waals surface area contributed by atoms with Crippen molar-refractivity contribution < 1.29 is 9.00 Å². The van der Waals surface area contributed by atoms with Gasteiger partial charge in [0.1, 0.15) is 0 Å². The van der Waals surface area contributed by atoms with Gasteiger partial charge in [0.25, 0.3) is 0 Å². The van der Waals surface area contributed by atoms with Gasteiger partial charge in [-0.2, -0.15) is 0 Å². The van der Waals surface area contributed by atoms with Crippen LogP contribution in [0.25, 0.3) is 0 Å². The molecule has 0 radical (unpaired) electrons. The third-order valence-electron chi connectivity index (χ3n) is 3.11. The van der Waals surface area contributed by atoms with Gasteiger partial charge in [-0.15, -0.1) is 0 Å². The predicted molar refractivity (Wildman–Crippen MR) is 71.1 cm³/mol. The second kappa shape index (κ2) is 5.96. The summed E-state index contributed by atoms with van der Waals surface area (Å²) in [5, 5.41) is 2.86. The topological polar surface area (TPSA) is 72.2 Å². The Labute approximate surface area is 106 Å². The zero-order valence-electron chi connectivity index (χ0n) is 11.0. The highest BCUT2D eigenvalue weighted by Crippen LogP contribution is 2.23. The van der Waals surface area contributed by atoms with E-state index < -0.39 is 10.8 Å². The smallest absolute Gasteiger partial charge is 0.223 e. The maximum absolute atomic E-state index is 11.8. The van der Waals surface area contributed by atoms with Gasteiger partial charge in [0.2, 0.25) is 5.91 Å². The van der Waals surface area contributed by atoms with Crippen molar-refractivity contribution in [2.75, 3.05) is 12.3 Å². The molecule has 1 rings (SSSR count). The van der Waals surface area contributed by atoms with E-state index >= 15 is 0 Å². The second-order valence-electron chi connectivity index (χ2n) is 5.72. The molecule has 1 saturated carbocycles. The molecule has 0 spiro atoms. The van der Waals surface area contributed by atoms with Gasteiger partial charge in [0.15, 0.2) is 0 Å². The van der Waals surface area contributed by atoms with E-state index in [4.69, 9.17) is 5.73 Å². The van der Waals surface area contributed by atoms with Crippen LogP contribution in [0.3, 0.4) is 0 Å². The van der Waals surface area contributed by atoms with Crippen LogP contribution in [0, 0.1) is 5.92 Å². The summed E-state index contributed by atoms with van der Waals surface area (Å²) < 4.78 is 11.6. The van der Waals surface area contributed by atoms with Crippen molar-refractivity contribution >= 4 is 16.7 Å². The van der Waals surface area contributed by atoms with Crippen molar-refractivity contribution in [3.8, 4) is 0 Å². The molecule has 100 valence electrons. The molecule has 0 saturated heterocycles. The van der Waals surface area contributed by atoms with Gasteiger partial charge in [-0.05, 0) is 40.0 Å². The van der Waals surface area contributed by atoms with Crippen molar-refractivity contribution in [2.45, 2.75) is 50.8 Å². The fraction of sp³-hybridized carbons (Fsp3) is 0.917. The molecule has 3 unspecified atom stereocenters. The van der Waals surface area contributed by atoms with Gasteiger partial charge in [0, 0.05) is 39.8 Å². The highest BCUT2D eigenvalue weighted by Gasteiger charge is 2.27. The van der Waals surface area contributed by atoms with Crippen LogP contribution in [-0.4, -0.2) is 33.2 Å². The van der Waals surface area contributed by atoms with E-state index in [9.17, 15) is 9.00 Å². The molecule has 0 aliphatic heterocycles. The Balaban J connectivity index is 2.23. The Kier molecular flexibility index (Phi) is 5.13. The van der Waals surface area contributed by atoms with Crippen molar-refractivity contribution in [1.29, 1.82) is 0 Å². The molecule has 1 amide bonds. The Morgan fingerprint density at radius 1 is 1.41 bits per heavy atom. The average molecular weight is 260 g/mol. The first-order valence-electron chi connectivity index (χ1n) is 6.22. The average Bonchev–Trinajstić information content (AvgIpc) is 2.63. The van der Waals surface area contributed by atoms with Crippen LogP contribution in [0.4, 0.5) is 0 Å². The largest absolute Gasteiger partial charge is 0.355 e. The van der Waals surface area contributed by atoms with Gasteiger partial charge in [-0.1, -0.05) is 0 Å². The van der Waals surface area contributed by atoms with Crippen molar-refractivity contribution in [3.63, 3.8) is 0 Å². The normalized spacial score (nSPS) is 26.8. The molecule has 4 nitrogen and oxygen atoms in total. The van der Waals surface area contributed by atoms with Crippen LogP contribution >= 0.6 is 0 Å². The lowest BCUT2D eigenvalue weighted by molar-refractivity contribution is -0.124. The molecule has 0 aromatic rings.